The SMILES string of the molecule is CC(C)C1CCCN(c2ccc(C(N)=O)cc2N)CC1. The fraction of sp³-hybridized carbons (Fsp3) is 0.562. The molecule has 1 unspecified atom stereocenters. The predicted octanol–water partition coefficient (Wildman–Crippen LogP) is 2.63. The Kier molecular flexibility index (Phi) is 4.53. The molecule has 1 aliphatic rings. The fourth-order valence-electron chi connectivity index (χ4n) is 3.03. The maximum atomic E-state index is 11.2. The summed E-state index contributed by atoms with van der Waals surface area (Å²) in [7, 11) is 0. The Hall–Kier alpha value is -1.71. The highest BCUT2D eigenvalue weighted by Gasteiger charge is 2.20. The number of nitrogen functional groups attached to an aromatic ring is 1. The first-order valence-electron chi connectivity index (χ1n) is 7.43. The average molecular weight is 275 g/mol. The van der Waals surface area contributed by atoms with Gasteiger partial charge in [-0.3, -0.25) is 4.79 Å². The van der Waals surface area contributed by atoms with Crippen LogP contribution in [0.5, 0.6) is 0 Å². The molecule has 2 rings (SSSR count). The van der Waals surface area contributed by atoms with Crippen LogP contribution in [0, 0.1) is 11.8 Å². The number of primary amides is 1. The minimum atomic E-state index is -0.431. The molecule has 4 nitrogen and oxygen atoms in total. The minimum absolute atomic E-state index is 0.431. The summed E-state index contributed by atoms with van der Waals surface area (Å²) >= 11 is 0. The summed E-state index contributed by atoms with van der Waals surface area (Å²) in [4.78, 5) is 13.5. The quantitative estimate of drug-likeness (QED) is 0.833. The third kappa shape index (κ3) is 3.24. The van der Waals surface area contributed by atoms with Gasteiger partial charge in [0.1, 0.15) is 0 Å². The van der Waals surface area contributed by atoms with E-state index in [1.165, 1.54) is 19.3 Å². The maximum absolute atomic E-state index is 11.2. The second kappa shape index (κ2) is 6.16. The van der Waals surface area contributed by atoms with E-state index in [1.807, 2.05) is 6.07 Å². The molecule has 0 bridgehead atoms. The first-order chi connectivity index (χ1) is 9.49. The summed E-state index contributed by atoms with van der Waals surface area (Å²) < 4.78 is 0. The van der Waals surface area contributed by atoms with Crippen LogP contribution in [0.25, 0.3) is 0 Å². The Labute approximate surface area is 121 Å². The van der Waals surface area contributed by atoms with Crippen molar-refractivity contribution in [3.63, 3.8) is 0 Å². The second-order valence-corrected chi connectivity index (χ2v) is 6.06. The van der Waals surface area contributed by atoms with E-state index in [2.05, 4.69) is 18.7 Å². The molecule has 0 aromatic heterocycles. The molecule has 1 amide bonds. The summed E-state index contributed by atoms with van der Waals surface area (Å²) in [5.74, 6) is 1.11. The molecule has 110 valence electrons. The molecule has 1 saturated heterocycles. The second-order valence-electron chi connectivity index (χ2n) is 6.06. The minimum Gasteiger partial charge on any atom is -0.397 e. The van der Waals surface area contributed by atoms with Gasteiger partial charge in [-0.2, -0.15) is 0 Å². The van der Waals surface area contributed by atoms with Crippen LogP contribution in [0.4, 0.5) is 11.4 Å². The van der Waals surface area contributed by atoms with Crippen molar-refractivity contribution < 1.29 is 4.79 Å². The normalized spacial score (nSPS) is 19.9. The number of nitrogens with two attached hydrogens (primary N) is 2. The monoisotopic (exact) mass is 275 g/mol. The predicted molar refractivity (Wildman–Crippen MR) is 83.8 cm³/mol. The number of nitrogens with zero attached hydrogens (tertiary/aromatic N) is 1. The number of hydrogen-bond acceptors (Lipinski definition) is 3. The van der Waals surface area contributed by atoms with E-state index >= 15 is 0 Å². The summed E-state index contributed by atoms with van der Waals surface area (Å²) in [6, 6.07) is 5.37. The first kappa shape index (κ1) is 14.7. The molecule has 0 radical (unpaired) electrons. The van der Waals surface area contributed by atoms with Gasteiger partial charge in [-0.05, 0) is 49.3 Å². The molecule has 1 heterocycles. The topological polar surface area (TPSA) is 72.3 Å². The Bertz CT molecular complexity index is 485. The van der Waals surface area contributed by atoms with Gasteiger partial charge in [0.05, 0.1) is 11.4 Å². The van der Waals surface area contributed by atoms with E-state index in [0.29, 0.717) is 11.3 Å². The molecule has 0 aliphatic carbocycles. The van der Waals surface area contributed by atoms with Gasteiger partial charge < -0.3 is 16.4 Å². The van der Waals surface area contributed by atoms with Crippen LogP contribution in [0.2, 0.25) is 0 Å². The highest BCUT2D eigenvalue weighted by molar-refractivity contribution is 5.94. The van der Waals surface area contributed by atoms with E-state index in [9.17, 15) is 4.79 Å². The molecule has 1 atom stereocenters. The van der Waals surface area contributed by atoms with Crippen molar-refractivity contribution in [1.82, 2.24) is 0 Å². The van der Waals surface area contributed by atoms with E-state index in [-0.39, 0.29) is 0 Å². The van der Waals surface area contributed by atoms with Crippen LogP contribution in [0.3, 0.4) is 0 Å². The average Bonchev–Trinajstić information content (AvgIpc) is 2.64. The van der Waals surface area contributed by atoms with Crippen LogP contribution in [-0.2, 0) is 0 Å². The number of hydrogen-bond donors (Lipinski definition) is 2. The summed E-state index contributed by atoms with van der Waals surface area (Å²) in [6.07, 6.45) is 3.68. The number of amides is 1. The van der Waals surface area contributed by atoms with Gasteiger partial charge >= 0.3 is 0 Å². The van der Waals surface area contributed by atoms with Crippen molar-refractivity contribution >= 4 is 17.3 Å². The molecule has 0 spiro atoms. The van der Waals surface area contributed by atoms with E-state index < -0.39 is 5.91 Å². The third-order valence-electron chi connectivity index (χ3n) is 4.37. The van der Waals surface area contributed by atoms with Crippen LogP contribution in [-0.4, -0.2) is 19.0 Å². The Morgan fingerprint density at radius 2 is 2.05 bits per heavy atom. The van der Waals surface area contributed by atoms with Gasteiger partial charge in [-0.15, -0.1) is 0 Å². The fourth-order valence-corrected chi connectivity index (χ4v) is 3.03. The van der Waals surface area contributed by atoms with Crippen molar-refractivity contribution in [3.8, 4) is 0 Å². The third-order valence-corrected chi connectivity index (χ3v) is 4.37. The number of benzene rings is 1. The van der Waals surface area contributed by atoms with Crippen molar-refractivity contribution in [2.45, 2.75) is 33.1 Å². The van der Waals surface area contributed by atoms with E-state index in [4.69, 9.17) is 11.5 Å². The lowest BCUT2D eigenvalue weighted by atomic mass is 9.89. The zero-order chi connectivity index (χ0) is 14.7. The zero-order valence-electron chi connectivity index (χ0n) is 12.4. The smallest absolute Gasteiger partial charge is 0.248 e. The van der Waals surface area contributed by atoms with Gasteiger partial charge in [0.25, 0.3) is 0 Å². The largest absolute Gasteiger partial charge is 0.397 e. The van der Waals surface area contributed by atoms with Gasteiger partial charge in [0.2, 0.25) is 5.91 Å². The van der Waals surface area contributed by atoms with Crippen LogP contribution in [0.1, 0.15) is 43.5 Å². The van der Waals surface area contributed by atoms with E-state index in [0.717, 1.165) is 30.6 Å². The van der Waals surface area contributed by atoms with Crippen LogP contribution < -0.4 is 16.4 Å². The molecule has 1 aromatic carbocycles. The summed E-state index contributed by atoms with van der Waals surface area (Å²) in [5.41, 5.74) is 13.5. The Morgan fingerprint density at radius 3 is 2.65 bits per heavy atom. The lowest BCUT2D eigenvalue weighted by Crippen LogP contribution is -2.25. The number of anilines is 2. The highest BCUT2D eigenvalue weighted by atomic mass is 16.1. The lowest BCUT2D eigenvalue weighted by Gasteiger charge is -2.25. The Morgan fingerprint density at radius 1 is 1.30 bits per heavy atom. The molecule has 1 aromatic rings. The van der Waals surface area contributed by atoms with Crippen molar-refractivity contribution in [2.75, 3.05) is 23.7 Å². The van der Waals surface area contributed by atoms with Crippen molar-refractivity contribution in [1.29, 1.82) is 0 Å². The first-order valence-corrected chi connectivity index (χ1v) is 7.43. The van der Waals surface area contributed by atoms with Gasteiger partial charge in [-0.1, -0.05) is 13.8 Å². The van der Waals surface area contributed by atoms with Crippen LogP contribution >= 0.6 is 0 Å². The number of carbonyl (C=O) groups excluding carboxylic acids is 1. The maximum Gasteiger partial charge on any atom is 0.248 e. The molecule has 0 saturated carbocycles. The molecule has 4 heteroatoms. The number of carbonyl (C=O) groups is 1. The molecule has 4 N–H and O–H groups in total. The van der Waals surface area contributed by atoms with Gasteiger partial charge in [0.15, 0.2) is 0 Å². The standard InChI is InChI=1S/C16H25N3O/c1-11(2)12-4-3-8-19(9-7-12)15-6-5-13(16(18)20)10-14(15)17/h5-6,10-12H,3-4,7-9,17H2,1-2H3,(H2,18,20). The van der Waals surface area contributed by atoms with Gasteiger partial charge in [-0.25, -0.2) is 0 Å². The summed E-state index contributed by atoms with van der Waals surface area (Å²) in [6.45, 7) is 6.67. The van der Waals surface area contributed by atoms with E-state index in [1.54, 1.807) is 12.1 Å². The molecule has 1 aliphatic heterocycles. The highest BCUT2D eigenvalue weighted by Crippen LogP contribution is 2.30. The van der Waals surface area contributed by atoms with Gasteiger partial charge in [0, 0.05) is 18.7 Å². The molecular weight excluding hydrogens is 250 g/mol. The molecule has 1 fully saturated rings. The zero-order valence-corrected chi connectivity index (χ0v) is 12.4. The molecule has 20 heavy (non-hydrogen) atoms. The number of rotatable bonds is 3. The van der Waals surface area contributed by atoms with Crippen LogP contribution in [0.15, 0.2) is 18.2 Å². The van der Waals surface area contributed by atoms with Crippen molar-refractivity contribution in [3.05, 3.63) is 23.8 Å². The summed E-state index contributed by atoms with van der Waals surface area (Å²) in [5, 5.41) is 0. The Balaban J connectivity index is 2.13. The molecular formula is C16H25N3O. The lowest BCUT2D eigenvalue weighted by molar-refractivity contribution is 0.100. The van der Waals surface area contributed by atoms with Crippen molar-refractivity contribution in [2.24, 2.45) is 17.6 Å².